The van der Waals surface area contributed by atoms with Crippen molar-refractivity contribution in [3.63, 3.8) is 0 Å². The third-order valence-electron chi connectivity index (χ3n) is 7.38. The van der Waals surface area contributed by atoms with Crippen molar-refractivity contribution in [3.05, 3.63) is 83.2 Å². The van der Waals surface area contributed by atoms with Gasteiger partial charge in [-0.25, -0.2) is 9.97 Å². The molecule has 0 N–H and O–H groups in total. The fraction of sp³-hybridized carbons (Fsp3) is 0.419. The molecule has 4 aromatic rings. The minimum atomic E-state index is -5.03. The summed E-state index contributed by atoms with van der Waals surface area (Å²) < 4.78 is 94.2. The van der Waals surface area contributed by atoms with Gasteiger partial charge in [0, 0.05) is 16.7 Å². The zero-order valence-electron chi connectivity index (χ0n) is 26.8. The molecule has 0 spiro atoms. The van der Waals surface area contributed by atoms with Gasteiger partial charge >= 0.3 is 17.9 Å². The molecule has 2 aliphatic rings. The van der Waals surface area contributed by atoms with Crippen LogP contribution in [0.2, 0.25) is 0 Å². The van der Waals surface area contributed by atoms with Crippen LogP contribution in [0, 0.1) is 0 Å². The number of benzene rings is 2. The Labute approximate surface area is 291 Å². The molecule has 0 radical (unpaired) electrons. The van der Waals surface area contributed by atoms with Crippen molar-refractivity contribution in [1.82, 2.24) is 19.1 Å². The fourth-order valence-electron chi connectivity index (χ4n) is 5.40. The summed E-state index contributed by atoms with van der Waals surface area (Å²) in [6.07, 6.45) is -8.63. The zero-order valence-corrected chi connectivity index (χ0v) is 29.4. The van der Waals surface area contributed by atoms with Crippen molar-refractivity contribution >= 4 is 45.7 Å². The average Bonchev–Trinajstić information content (AvgIpc) is 3.70. The van der Waals surface area contributed by atoms with E-state index in [0.29, 0.717) is 14.4 Å². The van der Waals surface area contributed by atoms with Gasteiger partial charge in [-0.05, 0) is 60.9 Å². The van der Waals surface area contributed by atoms with Crippen LogP contribution in [0.3, 0.4) is 0 Å². The highest BCUT2D eigenvalue weighted by molar-refractivity contribution is 8.89. The smallest absolute Gasteiger partial charge is 0.449 e. The van der Waals surface area contributed by atoms with Crippen molar-refractivity contribution in [2.24, 2.45) is 0 Å². The molecule has 0 aliphatic carbocycles. The van der Waals surface area contributed by atoms with Crippen LogP contribution >= 0.6 is 28.5 Å². The lowest BCUT2D eigenvalue weighted by Crippen LogP contribution is -2.32. The number of rotatable bonds is 13. The van der Waals surface area contributed by atoms with Gasteiger partial charge in [-0.2, -0.15) is 13.2 Å². The van der Waals surface area contributed by atoms with Gasteiger partial charge in [0.25, 0.3) is 5.56 Å². The van der Waals surface area contributed by atoms with Crippen LogP contribution in [-0.2, 0) is 50.5 Å². The maximum atomic E-state index is 14.6. The summed E-state index contributed by atoms with van der Waals surface area (Å²) in [6.45, 7) is 3.58. The number of hydrogen-bond donors (Lipinski definition) is 0. The molecule has 4 atom stereocenters. The number of aromatic nitrogens is 4. The van der Waals surface area contributed by atoms with Gasteiger partial charge in [0.05, 0.1) is 13.2 Å². The maximum absolute atomic E-state index is 14.6. The molecule has 50 heavy (non-hydrogen) atoms. The fourth-order valence-corrected chi connectivity index (χ4v) is 11.9. The molecule has 0 bridgehead atoms. The Morgan fingerprint density at radius 3 is 2.22 bits per heavy atom. The summed E-state index contributed by atoms with van der Waals surface area (Å²) in [7, 11) is 0. The summed E-state index contributed by atoms with van der Waals surface area (Å²) in [5, 5.41) is 0. The Balaban J connectivity index is 1.30. The number of alkyl halides is 3. The van der Waals surface area contributed by atoms with Gasteiger partial charge in [0.15, 0.2) is 23.2 Å². The van der Waals surface area contributed by atoms with E-state index < -0.39 is 70.8 Å². The second-order valence-corrected chi connectivity index (χ2v) is 18.7. The van der Waals surface area contributed by atoms with Gasteiger partial charge in [0.2, 0.25) is 5.82 Å². The standard InChI is InChI=1S/C31H32F3N4O9PS2/c1-19(39)43-15-14-42-18-37-17-35-26-23(27(37)40)36-29(31(32,33)34)38(26)28-25-24(46-30(2,3)47-25)22(45-28)16-44-48(41,49-20-10-6-4-7-11-20)50-21-12-8-5-9-13-21/h4-13,17,22,24-25,28H,14-16,18H2,1-3H3/t22-,24-,25-,28-/m1/s1. The number of fused-ring (bicyclic) bond motifs is 2. The molecule has 4 heterocycles. The summed E-state index contributed by atoms with van der Waals surface area (Å²) in [6, 6.07) is 18.0. The van der Waals surface area contributed by atoms with E-state index in [1.165, 1.54) is 6.92 Å². The molecule has 2 saturated heterocycles. The van der Waals surface area contributed by atoms with Crippen molar-refractivity contribution < 1.29 is 50.7 Å². The highest BCUT2D eigenvalue weighted by Crippen LogP contribution is 2.74. The quantitative estimate of drug-likeness (QED) is 0.0860. The molecule has 0 unspecified atom stereocenters. The predicted molar refractivity (Wildman–Crippen MR) is 175 cm³/mol. The second kappa shape index (κ2) is 14.8. The monoisotopic (exact) mass is 756 g/mol. The molecule has 2 aliphatic heterocycles. The molecule has 0 saturated carbocycles. The van der Waals surface area contributed by atoms with E-state index in [-0.39, 0.29) is 26.6 Å². The Hall–Kier alpha value is -3.22. The van der Waals surface area contributed by atoms with Crippen LogP contribution in [0.25, 0.3) is 11.2 Å². The van der Waals surface area contributed by atoms with E-state index in [0.717, 1.165) is 33.7 Å². The first kappa shape index (κ1) is 36.6. The lowest BCUT2D eigenvalue weighted by Gasteiger charge is -2.26. The van der Waals surface area contributed by atoms with Crippen molar-refractivity contribution in [2.75, 3.05) is 19.8 Å². The number of halogens is 3. The molecular formula is C31H32F3N4O9PS2. The zero-order chi connectivity index (χ0) is 35.7. The molecule has 2 aromatic carbocycles. The predicted octanol–water partition coefficient (Wildman–Crippen LogP) is 6.28. The molecule has 268 valence electrons. The van der Waals surface area contributed by atoms with E-state index >= 15 is 0 Å². The van der Waals surface area contributed by atoms with E-state index in [1.54, 1.807) is 62.4 Å². The first-order valence-corrected chi connectivity index (χ1v) is 19.7. The van der Waals surface area contributed by atoms with Gasteiger partial charge in [-0.3, -0.25) is 23.3 Å². The first-order valence-electron chi connectivity index (χ1n) is 15.2. The summed E-state index contributed by atoms with van der Waals surface area (Å²) in [4.78, 5) is 33.4. The molecule has 13 nitrogen and oxygen atoms in total. The van der Waals surface area contributed by atoms with E-state index in [4.69, 9.17) is 28.2 Å². The molecule has 2 aromatic heterocycles. The van der Waals surface area contributed by atoms with Crippen LogP contribution in [0.5, 0.6) is 0 Å². The van der Waals surface area contributed by atoms with Crippen LogP contribution < -0.4 is 5.56 Å². The van der Waals surface area contributed by atoms with Gasteiger partial charge < -0.3 is 28.2 Å². The minimum absolute atomic E-state index is 0.0670. The Morgan fingerprint density at radius 2 is 1.62 bits per heavy atom. The maximum Gasteiger partial charge on any atom is 0.449 e. The molecule has 6 rings (SSSR count). The largest absolute Gasteiger partial charge is 0.463 e. The average molecular weight is 757 g/mol. The summed E-state index contributed by atoms with van der Waals surface area (Å²) in [5.41, 5.74) is -1.88. The normalized spacial score (nSPS) is 21.8. The van der Waals surface area contributed by atoms with Gasteiger partial charge in [-0.15, -0.1) is 0 Å². The van der Waals surface area contributed by atoms with Gasteiger partial charge in [0.1, 0.15) is 38.0 Å². The molecule has 2 fully saturated rings. The van der Waals surface area contributed by atoms with E-state index in [1.807, 2.05) is 12.1 Å². The number of hydrogen-bond acceptors (Lipinski definition) is 13. The van der Waals surface area contributed by atoms with Crippen LogP contribution in [-0.4, -0.2) is 69.0 Å². The minimum Gasteiger partial charge on any atom is -0.463 e. The van der Waals surface area contributed by atoms with Gasteiger partial charge in [-0.1, -0.05) is 36.4 Å². The summed E-state index contributed by atoms with van der Waals surface area (Å²) >= 11 is 2.08. The van der Waals surface area contributed by atoms with Crippen molar-refractivity contribution in [3.8, 4) is 0 Å². The molecular weight excluding hydrogens is 724 g/mol. The third-order valence-corrected chi connectivity index (χ3v) is 13.8. The number of nitrogens with zero attached hydrogens (tertiary/aromatic N) is 4. The van der Waals surface area contributed by atoms with E-state index in [2.05, 4.69) is 9.97 Å². The van der Waals surface area contributed by atoms with Crippen molar-refractivity contribution in [2.45, 2.75) is 73.8 Å². The Bertz CT molecular complexity index is 1890. The first-order chi connectivity index (χ1) is 23.7. The SMILES string of the molecule is CC(=O)OCCOCn1cnc2c(nc(C(F)(F)F)n2[C@@H]2O[C@H](COP(=O)(Sc3ccccc3)Sc3ccccc3)[C@H]3OC(C)(C)O[C@H]32)c1=O. The number of esters is 1. The number of imidazole rings is 1. The highest BCUT2D eigenvalue weighted by atomic mass is 33.1. The van der Waals surface area contributed by atoms with Crippen LogP contribution in [0.15, 0.2) is 81.6 Å². The van der Waals surface area contributed by atoms with E-state index in [9.17, 15) is 27.3 Å². The topological polar surface area (TPSA) is 142 Å². The third kappa shape index (κ3) is 8.29. The lowest BCUT2D eigenvalue weighted by molar-refractivity contribution is -0.202. The molecule has 19 heteroatoms. The number of ether oxygens (including phenoxy) is 5. The number of carbonyl (C=O) groups excluding carboxylic acids is 1. The van der Waals surface area contributed by atoms with Crippen molar-refractivity contribution in [1.29, 1.82) is 0 Å². The second-order valence-electron chi connectivity index (χ2n) is 11.6. The summed E-state index contributed by atoms with van der Waals surface area (Å²) in [5.74, 6) is -6.79. The number of carbonyl (C=O) groups is 1. The van der Waals surface area contributed by atoms with Crippen LogP contribution in [0.1, 0.15) is 32.8 Å². The lowest BCUT2D eigenvalue weighted by atomic mass is 10.1. The highest BCUT2D eigenvalue weighted by Gasteiger charge is 2.58. The van der Waals surface area contributed by atoms with Crippen LogP contribution in [0.4, 0.5) is 13.2 Å². The Kier molecular flexibility index (Phi) is 10.8. The molecule has 0 amide bonds. The Morgan fingerprint density at radius 1 is 1.00 bits per heavy atom.